The first kappa shape index (κ1) is 18.1. The van der Waals surface area contributed by atoms with Gasteiger partial charge in [-0.3, -0.25) is 19.6 Å². The largest absolute Gasteiger partial charge is 0.337 e. The zero-order valence-electron chi connectivity index (χ0n) is 15.3. The van der Waals surface area contributed by atoms with Crippen molar-refractivity contribution in [3.63, 3.8) is 0 Å². The number of hydrogen-bond acceptors (Lipinski definition) is 5. The Morgan fingerprint density at radius 2 is 1.85 bits per heavy atom. The van der Waals surface area contributed by atoms with Gasteiger partial charge in [0.2, 0.25) is 11.7 Å². The molecule has 0 unspecified atom stereocenters. The van der Waals surface area contributed by atoms with Crippen LogP contribution in [-0.4, -0.2) is 82.0 Å². The number of carbonyl (C=O) groups is 2. The lowest BCUT2D eigenvalue weighted by Crippen LogP contribution is -2.53. The van der Waals surface area contributed by atoms with Crippen LogP contribution in [0.1, 0.15) is 27.8 Å². The van der Waals surface area contributed by atoms with Crippen LogP contribution < -0.4 is 0 Å². The molecule has 0 spiro atoms. The number of aryl methyl sites for hydroxylation is 1. The molecule has 1 fully saturated rings. The predicted octanol–water partition coefficient (Wildman–Crippen LogP) is 0.700. The van der Waals surface area contributed by atoms with E-state index < -0.39 is 0 Å². The Balaban J connectivity index is 1.67. The van der Waals surface area contributed by atoms with Gasteiger partial charge in [0.05, 0.1) is 0 Å². The summed E-state index contributed by atoms with van der Waals surface area (Å²) in [4.78, 5) is 34.8. The van der Waals surface area contributed by atoms with Crippen LogP contribution >= 0.6 is 0 Å². The highest BCUT2D eigenvalue weighted by atomic mass is 16.2. The summed E-state index contributed by atoms with van der Waals surface area (Å²) in [6.07, 6.45) is 1.32. The van der Waals surface area contributed by atoms with Crippen LogP contribution in [0.15, 0.2) is 30.6 Å². The Bertz CT molecular complexity index is 766. The van der Waals surface area contributed by atoms with Gasteiger partial charge in [-0.1, -0.05) is 29.8 Å². The molecule has 1 aromatic heterocycles. The van der Waals surface area contributed by atoms with Crippen molar-refractivity contribution in [3.05, 3.63) is 47.5 Å². The summed E-state index contributed by atoms with van der Waals surface area (Å²) in [5.74, 6) is 0.112. The van der Waals surface area contributed by atoms with Crippen LogP contribution in [0.4, 0.5) is 0 Å². The lowest BCUT2D eigenvalue weighted by atomic mass is 10.0. The molecule has 0 radical (unpaired) electrons. The molecule has 0 aliphatic carbocycles. The topological polar surface area (TPSA) is 85.4 Å². The monoisotopic (exact) mass is 356 g/mol. The first-order valence-corrected chi connectivity index (χ1v) is 8.64. The SMILES string of the molecule is Cc1cccc([C@H](C(=O)N2CCN(C(=O)c3ncn[nH]3)CC2)N(C)C)c1. The zero-order valence-corrected chi connectivity index (χ0v) is 15.3. The van der Waals surface area contributed by atoms with Crippen LogP contribution in [0.3, 0.4) is 0 Å². The van der Waals surface area contributed by atoms with Crippen LogP contribution in [-0.2, 0) is 4.79 Å². The second-order valence-electron chi connectivity index (χ2n) is 6.73. The number of aromatic nitrogens is 3. The Hall–Kier alpha value is -2.74. The first-order chi connectivity index (χ1) is 12.5. The highest BCUT2D eigenvalue weighted by Gasteiger charge is 2.31. The average Bonchev–Trinajstić information content (AvgIpc) is 3.16. The quantitative estimate of drug-likeness (QED) is 0.872. The molecule has 8 heteroatoms. The summed E-state index contributed by atoms with van der Waals surface area (Å²) >= 11 is 0. The molecule has 0 saturated carbocycles. The summed E-state index contributed by atoms with van der Waals surface area (Å²) in [6.45, 7) is 4.01. The van der Waals surface area contributed by atoms with Crippen LogP contribution in [0.25, 0.3) is 0 Å². The molecule has 2 aromatic rings. The van der Waals surface area contributed by atoms with Gasteiger partial charge in [0.15, 0.2) is 0 Å². The highest BCUT2D eigenvalue weighted by Crippen LogP contribution is 2.23. The Morgan fingerprint density at radius 1 is 1.15 bits per heavy atom. The minimum absolute atomic E-state index is 0.0624. The summed E-state index contributed by atoms with van der Waals surface area (Å²) in [7, 11) is 3.82. The van der Waals surface area contributed by atoms with E-state index in [-0.39, 0.29) is 23.7 Å². The van der Waals surface area contributed by atoms with Crippen LogP contribution in [0, 0.1) is 6.92 Å². The number of carbonyl (C=O) groups excluding carboxylic acids is 2. The fourth-order valence-corrected chi connectivity index (χ4v) is 3.26. The van der Waals surface area contributed by atoms with Crippen LogP contribution in [0.2, 0.25) is 0 Å². The fourth-order valence-electron chi connectivity index (χ4n) is 3.26. The number of aromatic amines is 1. The number of rotatable bonds is 4. The molecule has 138 valence electrons. The molecule has 2 amide bonds. The van der Waals surface area contributed by atoms with Crippen molar-refractivity contribution in [2.45, 2.75) is 13.0 Å². The fraction of sp³-hybridized carbons (Fsp3) is 0.444. The van der Waals surface area contributed by atoms with E-state index in [0.717, 1.165) is 11.1 Å². The van der Waals surface area contributed by atoms with Gasteiger partial charge in [-0.05, 0) is 26.6 Å². The van der Waals surface area contributed by atoms with Gasteiger partial charge in [0, 0.05) is 26.2 Å². The molecule has 2 heterocycles. The highest BCUT2D eigenvalue weighted by molar-refractivity contribution is 5.90. The normalized spacial score (nSPS) is 16.0. The number of likely N-dealkylation sites (N-methyl/N-ethyl adjacent to an activating group) is 1. The second-order valence-corrected chi connectivity index (χ2v) is 6.73. The molecule has 1 atom stereocenters. The van der Waals surface area contributed by atoms with Crippen molar-refractivity contribution in [2.24, 2.45) is 0 Å². The minimum Gasteiger partial charge on any atom is -0.337 e. The Labute approximate surface area is 152 Å². The van der Waals surface area contributed by atoms with E-state index >= 15 is 0 Å². The third-order valence-corrected chi connectivity index (χ3v) is 4.60. The summed E-state index contributed by atoms with van der Waals surface area (Å²) in [5, 5.41) is 6.30. The van der Waals surface area contributed by atoms with Gasteiger partial charge >= 0.3 is 0 Å². The molecule has 26 heavy (non-hydrogen) atoms. The van der Waals surface area contributed by atoms with E-state index in [2.05, 4.69) is 15.2 Å². The second kappa shape index (κ2) is 7.65. The summed E-state index contributed by atoms with van der Waals surface area (Å²) in [6, 6.07) is 7.70. The predicted molar refractivity (Wildman–Crippen MR) is 96.5 cm³/mol. The molecule has 1 saturated heterocycles. The molecule has 1 N–H and O–H groups in total. The van der Waals surface area contributed by atoms with Crippen molar-refractivity contribution in [2.75, 3.05) is 40.3 Å². The summed E-state index contributed by atoms with van der Waals surface area (Å²) in [5.41, 5.74) is 2.12. The molecule has 1 aromatic carbocycles. The maximum Gasteiger partial charge on any atom is 0.291 e. The van der Waals surface area contributed by atoms with Gasteiger partial charge in [0.1, 0.15) is 12.4 Å². The lowest BCUT2D eigenvalue weighted by molar-refractivity contribution is -0.137. The number of nitrogens with one attached hydrogen (secondary N) is 1. The number of piperazine rings is 1. The van der Waals surface area contributed by atoms with E-state index in [1.807, 2.05) is 55.1 Å². The molecular weight excluding hydrogens is 332 g/mol. The van der Waals surface area contributed by atoms with Crippen molar-refractivity contribution < 1.29 is 9.59 Å². The van der Waals surface area contributed by atoms with Gasteiger partial charge in [-0.2, -0.15) is 5.10 Å². The van der Waals surface area contributed by atoms with Gasteiger partial charge in [-0.25, -0.2) is 4.98 Å². The van der Waals surface area contributed by atoms with Crippen molar-refractivity contribution in [1.29, 1.82) is 0 Å². The van der Waals surface area contributed by atoms with Crippen molar-refractivity contribution in [3.8, 4) is 0 Å². The molecular formula is C18H24N6O2. The van der Waals surface area contributed by atoms with Crippen molar-refractivity contribution in [1.82, 2.24) is 29.9 Å². The third-order valence-electron chi connectivity index (χ3n) is 4.60. The number of nitrogens with zero attached hydrogens (tertiary/aromatic N) is 5. The maximum atomic E-state index is 13.1. The van der Waals surface area contributed by atoms with E-state index in [9.17, 15) is 9.59 Å². The van der Waals surface area contributed by atoms with E-state index in [0.29, 0.717) is 26.2 Å². The van der Waals surface area contributed by atoms with Gasteiger partial charge in [0.25, 0.3) is 5.91 Å². The lowest BCUT2D eigenvalue weighted by Gasteiger charge is -2.37. The van der Waals surface area contributed by atoms with Gasteiger partial charge < -0.3 is 9.80 Å². The van der Waals surface area contributed by atoms with Crippen LogP contribution in [0.5, 0.6) is 0 Å². The molecule has 1 aliphatic rings. The molecule has 1 aliphatic heterocycles. The molecule has 3 rings (SSSR count). The number of H-pyrrole nitrogens is 1. The first-order valence-electron chi connectivity index (χ1n) is 8.64. The summed E-state index contributed by atoms with van der Waals surface area (Å²) < 4.78 is 0. The van der Waals surface area contributed by atoms with E-state index in [1.54, 1.807) is 4.90 Å². The smallest absolute Gasteiger partial charge is 0.291 e. The zero-order chi connectivity index (χ0) is 18.7. The number of benzene rings is 1. The van der Waals surface area contributed by atoms with Crippen molar-refractivity contribution >= 4 is 11.8 Å². The number of amides is 2. The molecule has 8 nitrogen and oxygen atoms in total. The standard InChI is InChI=1S/C18H24N6O2/c1-13-5-4-6-14(11-13)15(22(2)3)17(25)23-7-9-24(10-8-23)18(26)16-19-12-20-21-16/h4-6,11-12,15H,7-10H2,1-3H3,(H,19,20,21)/t15-/m1/s1. The maximum absolute atomic E-state index is 13.1. The number of hydrogen-bond donors (Lipinski definition) is 1. The van der Waals surface area contributed by atoms with E-state index in [4.69, 9.17) is 0 Å². The third kappa shape index (κ3) is 3.75. The minimum atomic E-state index is -0.327. The Morgan fingerprint density at radius 3 is 2.42 bits per heavy atom. The molecule has 0 bridgehead atoms. The van der Waals surface area contributed by atoms with Gasteiger partial charge in [-0.15, -0.1) is 0 Å². The average molecular weight is 356 g/mol. The Kier molecular flexibility index (Phi) is 5.32. The van der Waals surface area contributed by atoms with E-state index in [1.165, 1.54) is 6.33 Å².